The van der Waals surface area contributed by atoms with Gasteiger partial charge in [0, 0.05) is 6.07 Å². The van der Waals surface area contributed by atoms with Crippen molar-refractivity contribution in [2.45, 2.75) is 0 Å². The SMILES string of the molecule is COc1cccc(-n2nnc(C(N)=O)c2N)c1. The molecule has 2 rings (SSSR count). The van der Waals surface area contributed by atoms with Gasteiger partial charge in [-0.3, -0.25) is 4.79 Å². The molecule has 0 fully saturated rings. The number of aromatic nitrogens is 3. The maximum absolute atomic E-state index is 11.0. The topological polar surface area (TPSA) is 109 Å². The number of hydrogen-bond donors (Lipinski definition) is 2. The molecule has 0 saturated carbocycles. The highest BCUT2D eigenvalue weighted by molar-refractivity contribution is 5.95. The molecule has 0 spiro atoms. The summed E-state index contributed by atoms with van der Waals surface area (Å²) >= 11 is 0. The van der Waals surface area contributed by atoms with E-state index in [1.807, 2.05) is 0 Å². The molecule has 1 heterocycles. The van der Waals surface area contributed by atoms with E-state index in [0.29, 0.717) is 11.4 Å². The first kappa shape index (κ1) is 10.9. The highest BCUT2D eigenvalue weighted by atomic mass is 16.5. The van der Waals surface area contributed by atoms with Gasteiger partial charge < -0.3 is 16.2 Å². The number of anilines is 1. The first-order chi connectivity index (χ1) is 8.13. The van der Waals surface area contributed by atoms with Crippen LogP contribution in [0.15, 0.2) is 24.3 Å². The van der Waals surface area contributed by atoms with Crippen LogP contribution in [-0.4, -0.2) is 28.0 Å². The van der Waals surface area contributed by atoms with Crippen LogP contribution in [-0.2, 0) is 0 Å². The predicted octanol–water partition coefficient (Wildman–Crippen LogP) is -0.0430. The summed E-state index contributed by atoms with van der Waals surface area (Å²) in [7, 11) is 1.55. The number of ether oxygens (including phenoxy) is 1. The van der Waals surface area contributed by atoms with Gasteiger partial charge in [-0.15, -0.1) is 5.10 Å². The largest absolute Gasteiger partial charge is 0.497 e. The Morgan fingerprint density at radius 1 is 1.47 bits per heavy atom. The zero-order valence-corrected chi connectivity index (χ0v) is 9.12. The molecule has 0 aliphatic rings. The molecule has 0 radical (unpaired) electrons. The van der Waals surface area contributed by atoms with Crippen LogP contribution in [0.4, 0.5) is 5.82 Å². The van der Waals surface area contributed by atoms with Gasteiger partial charge in [0.1, 0.15) is 5.75 Å². The Kier molecular flexibility index (Phi) is 2.65. The average molecular weight is 233 g/mol. The summed E-state index contributed by atoms with van der Waals surface area (Å²) in [4.78, 5) is 11.0. The highest BCUT2D eigenvalue weighted by Gasteiger charge is 2.15. The van der Waals surface area contributed by atoms with E-state index in [9.17, 15) is 4.79 Å². The van der Waals surface area contributed by atoms with E-state index in [1.54, 1.807) is 31.4 Å². The molecule has 0 aliphatic heterocycles. The molecular formula is C10H11N5O2. The third-order valence-corrected chi connectivity index (χ3v) is 2.24. The quantitative estimate of drug-likeness (QED) is 0.772. The van der Waals surface area contributed by atoms with Crippen LogP contribution in [0.5, 0.6) is 5.75 Å². The Labute approximate surface area is 97.0 Å². The molecule has 2 aromatic rings. The Morgan fingerprint density at radius 2 is 2.24 bits per heavy atom. The number of primary amides is 1. The summed E-state index contributed by atoms with van der Waals surface area (Å²) in [5.74, 6) is 0.0421. The Hall–Kier alpha value is -2.57. The molecule has 7 heteroatoms. The zero-order chi connectivity index (χ0) is 12.4. The van der Waals surface area contributed by atoms with E-state index in [-0.39, 0.29) is 11.5 Å². The summed E-state index contributed by atoms with van der Waals surface area (Å²) in [5.41, 5.74) is 11.4. The summed E-state index contributed by atoms with van der Waals surface area (Å²) in [6.07, 6.45) is 0. The third-order valence-electron chi connectivity index (χ3n) is 2.24. The van der Waals surface area contributed by atoms with Gasteiger partial charge in [0.05, 0.1) is 12.8 Å². The van der Waals surface area contributed by atoms with E-state index < -0.39 is 5.91 Å². The van der Waals surface area contributed by atoms with Gasteiger partial charge in [-0.05, 0) is 12.1 Å². The fraction of sp³-hybridized carbons (Fsp3) is 0.100. The van der Waals surface area contributed by atoms with Gasteiger partial charge in [-0.25, -0.2) is 0 Å². The number of hydrogen-bond acceptors (Lipinski definition) is 5. The summed E-state index contributed by atoms with van der Waals surface area (Å²) in [5, 5.41) is 7.39. The maximum atomic E-state index is 11.0. The van der Waals surface area contributed by atoms with Crippen LogP contribution in [0.1, 0.15) is 10.5 Å². The van der Waals surface area contributed by atoms with E-state index in [1.165, 1.54) is 4.68 Å². The van der Waals surface area contributed by atoms with Crippen LogP contribution >= 0.6 is 0 Å². The molecule has 88 valence electrons. The van der Waals surface area contributed by atoms with Gasteiger partial charge in [-0.2, -0.15) is 4.68 Å². The van der Waals surface area contributed by atoms with Gasteiger partial charge >= 0.3 is 0 Å². The Balaban J connectivity index is 2.49. The Morgan fingerprint density at radius 3 is 2.82 bits per heavy atom. The number of amides is 1. The lowest BCUT2D eigenvalue weighted by molar-refractivity contribution is 0.0996. The number of carbonyl (C=O) groups excluding carboxylic acids is 1. The molecule has 0 aliphatic carbocycles. The molecule has 4 N–H and O–H groups in total. The first-order valence-electron chi connectivity index (χ1n) is 4.79. The van der Waals surface area contributed by atoms with Crippen LogP contribution in [0.25, 0.3) is 5.69 Å². The number of methoxy groups -OCH3 is 1. The third kappa shape index (κ3) is 1.89. The summed E-state index contributed by atoms with van der Waals surface area (Å²) < 4.78 is 6.40. The molecule has 0 bridgehead atoms. The fourth-order valence-electron chi connectivity index (χ4n) is 1.40. The first-order valence-corrected chi connectivity index (χ1v) is 4.79. The van der Waals surface area contributed by atoms with Crippen molar-refractivity contribution in [3.63, 3.8) is 0 Å². The van der Waals surface area contributed by atoms with Crippen molar-refractivity contribution in [1.82, 2.24) is 15.0 Å². The summed E-state index contributed by atoms with van der Waals surface area (Å²) in [6, 6.07) is 7.04. The lowest BCUT2D eigenvalue weighted by Gasteiger charge is -2.05. The second kappa shape index (κ2) is 4.12. The smallest absolute Gasteiger partial charge is 0.273 e. The minimum Gasteiger partial charge on any atom is -0.497 e. The molecule has 0 atom stereocenters. The van der Waals surface area contributed by atoms with Gasteiger partial charge in [0.25, 0.3) is 5.91 Å². The van der Waals surface area contributed by atoms with Crippen molar-refractivity contribution in [1.29, 1.82) is 0 Å². The molecule has 1 amide bonds. The van der Waals surface area contributed by atoms with E-state index in [4.69, 9.17) is 16.2 Å². The highest BCUT2D eigenvalue weighted by Crippen LogP contribution is 2.19. The normalized spacial score (nSPS) is 10.2. The number of carbonyl (C=O) groups is 1. The molecule has 7 nitrogen and oxygen atoms in total. The van der Waals surface area contributed by atoms with Crippen molar-refractivity contribution in [2.24, 2.45) is 5.73 Å². The van der Waals surface area contributed by atoms with Crippen LogP contribution in [0, 0.1) is 0 Å². The molecule has 0 saturated heterocycles. The molecular weight excluding hydrogens is 222 g/mol. The number of benzene rings is 1. The van der Waals surface area contributed by atoms with Crippen LogP contribution in [0.3, 0.4) is 0 Å². The number of nitrogen functional groups attached to an aromatic ring is 1. The van der Waals surface area contributed by atoms with Crippen molar-refractivity contribution < 1.29 is 9.53 Å². The number of nitrogens with zero attached hydrogens (tertiary/aromatic N) is 3. The second-order valence-corrected chi connectivity index (χ2v) is 3.30. The summed E-state index contributed by atoms with van der Waals surface area (Å²) in [6.45, 7) is 0. The fourth-order valence-corrected chi connectivity index (χ4v) is 1.40. The van der Waals surface area contributed by atoms with Crippen molar-refractivity contribution >= 4 is 11.7 Å². The standard InChI is InChI=1S/C10H11N5O2/c1-17-7-4-2-3-6(5-7)15-9(11)8(10(12)16)13-14-15/h2-5H,11H2,1H3,(H2,12,16). The number of nitrogens with two attached hydrogens (primary N) is 2. The molecule has 1 aromatic carbocycles. The maximum Gasteiger partial charge on any atom is 0.273 e. The van der Waals surface area contributed by atoms with Gasteiger partial charge in [0.15, 0.2) is 11.5 Å². The molecule has 0 unspecified atom stereocenters. The Bertz CT molecular complexity index is 564. The monoisotopic (exact) mass is 233 g/mol. The van der Waals surface area contributed by atoms with Crippen LogP contribution < -0.4 is 16.2 Å². The lowest BCUT2D eigenvalue weighted by atomic mass is 10.3. The zero-order valence-electron chi connectivity index (χ0n) is 9.12. The van der Waals surface area contributed by atoms with E-state index in [0.717, 1.165) is 0 Å². The number of rotatable bonds is 3. The lowest BCUT2D eigenvalue weighted by Crippen LogP contribution is -2.14. The van der Waals surface area contributed by atoms with Gasteiger partial charge in [0.2, 0.25) is 0 Å². The van der Waals surface area contributed by atoms with E-state index in [2.05, 4.69) is 10.3 Å². The minimum absolute atomic E-state index is 0.0483. The second-order valence-electron chi connectivity index (χ2n) is 3.30. The van der Waals surface area contributed by atoms with Crippen molar-refractivity contribution in [3.05, 3.63) is 30.0 Å². The van der Waals surface area contributed by atoms with Crippen molar-refractivity contribution in [3.8, 4) is 11.4 Å². The van der Waals surface area contributed by atoms with Gasteiger partial charge in [-0.1, -0.05) is 11.3 Å². The van der Waals surface area contributed by atoms with Crippen LogP contribution in [0.2, 0.25) is 0 Å². The molecule has 17 heavy (non-hydrogen) atoms. The minimum atomic E-state index is -0.711. The molecule has 1 aromatic heterocycles. The van der Waals surface area contributed by atoms with Crippen molar-refractivity contribution in [2.75, 3.05) is 12.8 Å². The van der Waals surface area contributed by atoms with E-state index >= 15 is 0 Å². The average Bonchev–Trinajstić information content (AvgIpc) is 2.71. The predicted molar refractivity (Wildman–Crippen MR) is 60.8 cm³/mol.